The van der Waals surface area contributed by atoms with Gasteiger partial charge in [-0.05, 0) is 49.4 Å². The fourth-order valence-corrected chi connectivity index (χ4v) is 12.6. The lowest BCUT2D eigenvalue weighted by Crippen LogP contribution is -2.30. The van der Waals surface area contributed by atoms with Crippen molar-refractivity contribution >= 4 is 39.5 Å². The first-order valence-corrected chi connectivity index (χ1v) is 40.7. The Hall–Kier alpha value is -1.94. The Balaban J connectivity index is 5.21. The van der Waals surface area contributed by atoms with Gasteiger partial charge < -0.3 is 33.8 Å². The van der Waals surface area contributed by atoms with Crippen molar-refractivity contribution in [3.8, 4) is 0 Å². The molecule has 0 spiro atoms. The zero-order chi connectivity index (χ0) is 68.2. The third-order valence-electron chi connectivity index (χ3n) is 17.2. The van der Waals surface area contributed by atoms with Gasteiger partial charge in [0.1, 0.15) is 19.3 Å². The molecule has 0 aromatic heterocycles. The molecular formula is C73H142O17P2. The van der Waals surface area contributed by atoms with Gasteiger partial charge in [0.2, 0.25) is 0 Å². The molecule has 17 nitrogen and oxygen atoms in total. The van der Waals surface area contributed by atoms with Crippen LogP contribution in [0.25, 0.3) is 0 Å². The highest BCUT2D eigenvalue weighted by atomic mass is 31.2. The average molecular weight is 1350 g/mol. The summed E-state index contributed by atoms with van der Waals surface area (Å²) in [6.07, 6.45) is 45.9. The summed E-state index contributed by atoms with van der Waals surface area (Å²) in [5.41, 5.74) is 0. The van der Waals surface area contributed by atoms with Crippen LogP contribution in [-0.4, -0.2) is 96.7 Å². The molecule has 3 unspecified atom stereocenters. The maximum atomic E-state index is 13.0. The number of ether oxygens (including phenoxy) is 4. The molecule has 0 rings (SSSR count). The molecule has 0 aliphatic carbocycles. The summed E-state index contributed by atoms with van der Waals surface area (Å²) in [7, 11) is -9.91. The van der Waals surface area contributed by atoms with Crippen LogP contribution in [-0.2, 0) is 65.4 Å². The summed E-state index contributed by atoms with van der Waals surface area (Å²) in [4.78, 5) is 72.6. The van der Waals surface area contributed by atoms with Crippen LogP contribution in [0.3, 0.4) is 0 Å². The molecule has 0 amide bonds. The molecule has 546 valence electrons. The predicted molar refractivity (Wildman–Crippen MR) is 372 cm³/mol. The molecule has 3 N–H and O–H groups in total. The second-order valence-corrected chi connectivity index (χ2v) is 30.9. The molecule has 0 aliphatic heterocycles. The van der Waals surface area contributed by atoms with Gasteiger partial charge in [0.05, 0.1) is 26.4 Å². The van der Waals surface area contributed by atoms with Crippen LogP contribution in [0.1, 0.15) is 364 Å². The molecule has 0 saturated heterocycles. The first-order chi connectivity index (χ1) is 44.1. The quantitative estimate of drug-likeness (QED) is 0.0222. The molecule has 0 heterocycles. The highest BCUT2D eigenvalue weighted by molar-refractivity contribution is 7.47. The molecule has 6 atom stereocenters. The van der Waals surface area contributed by atoms with E-state index in [2.05, 4.69) is 55.4 Å². The molecular weight excluding hydrogens is 1210 g/mol. The van der Waals surface area contributed by atoms with Crippen LogP contribution in [0.2, 0.25) is 0 Å². The van der Waals surface area contributed by atoms with E-state index in [0.717, 1.165) is 114 Å². The Morgan fingerprint density at radius 3 is 0.772 bits per heavy atom. The molecule has 0 radical (unpaired) electrons. The lowest BCUT2D eigenvalue weighted by atomic mass is 10.00. The van der Waals surface area contributed by atoms with Gasteiger partial charge in [-0.25, -0.2) is 9.13 Å². The molecule has 0 bridgehead atoms. The van der Waals surface area contributed by atoms with Crippen LogP contribution < -0.4 is 0 Å². The van der Waals surface area contributed by atoms with Gasteiger partial charge in [0.25, 0.3) is 0 Å². The standard InChI is InChI=1S/C73H142O17P2/c1-9-66(8)52-44-36-31-32-38-46-54-71(76)84-60-69(89-72(77)55-47-39-29-23-19-13-11-10-12-16-20-25-33-41-49-63(2)3)62-88-92(81,82)86-58-67(74)57-85-91(79,80)87-61-68(90-73(78)56-48-40-30-24-27-35-43-51-65(6)7)59-83-70(75)53-45-37-28-22-18-15-14-17-21-26-34-42-50-64(4)5/h63-69,74H,9-62H2,1-8H3,(H,79,80)(H,81,82)/t66?,67-,68-,69-/m1/s1. The van der Waals surface area contributed by atoms with Gasteiger partial charge in [-0.1, -0.05) is 312 Å². The van der Waals surface area contributed by atoms with Crippen molar-refractivity contribution in [3.63, 3.8) is 0 Å². The van der Waals surface area contributed by atoms with Gasteiger partial charge in [-0.3, -0.25) is 37.3 Å². The second-order valence-electron chi connectivity index (χ2n) is 28.0. The van der Waals surface area contributed by atoms with Crippen molar-refractivity contribution in [1.29, 1.82) is 0 Å². The maximum absolute atomic E-state index is 13.0. The van der Waals surface area contributed by atoms with Gasteiger partial charge in [0.15, 0.2) is 12.2 Å². The average Bonchev–Trinajstić information content (AvgIpc) is 3.10. The number of hydrogen-bond donors (Lipinski definition) is 3. The minimum atomic E-state index is -4.95. The maximum Gasteiger partial charge on any atom is 0.472 e. The molecule has 19 heteroatoms. The van der Waals surface area contributed by atoms with E-state index >= 15 is 0 Å². The minimum Gasteiger partial charge on any atom is -0.462 e. The lowest BCUT2D eigenvalue weighted by Gasteiger charge is -2.21. The first-order valence-electron chi connectivity index (χ1n) is 37.7. The van der Waals surface area contributed by atoms with E-state index in [1.54, 1.807) is 0 Å². The Morgan fingerprint density at radius 1 is 0.304 bits per heavy atom. The number of unbranched alkanes of at least 4 members (excludes halogenated alkanes) is 35. The molecule has 0 aromatic rings. The molecule has 0 fully saturated rings. The largest absolute Gasteiger partial charge is 0.472 e. The van der Waals surface area contributed by atoms with Gasteiger partial charge >= 0.3 is 39.5 Å². The number of rotatable bonds is 70. The minimum absolute atomic E-state index is 0.103. The Kier molecular flexibility index (Phi) is 61.3. The summed E-state index contributed by atoms with van der Waals surface area (Å²) in [5.74, 6) is 0.876. The fraction of sp³-hybridized carbons (Fsp3) is 0.945. The topological polar surface area (TPSA) is 237 Å². The van der Waals surface area contributed by atoms with Crippen LogP contribution in [0.5, 0.6) is 0 Å². The lowest BCUT2D eigenvalue weighted by molar-refractivity contribution is -0.161. The summed E-state index contributed by atoms with van der Waals surface area (Å²) < 4.78 is 68.4. The summed E-state index contributed by atoms with van der Waals surface area (Å²) in [6.45, 7) is 14.1. The number of carbonyl (C=O) groups is 4. The third-order valence-corrected chi connectivity index (χ3v) is 19.1. The zero-order valence-electron chi connectivity index (χ0n) is 60.2. The number of carbonyl (C=O) groups excluding carboxylic acids is 4. The van der Waals surface area contributed by atoms with Crippen LogP contribution in [0, 0.1) is 23.7 Å². The number of aliphatic hydroxyl groups excluding tert-OH is 1. The molecule has 0 aromatic carbocycles. The number of phosphoric ester groups is 2. The fourth-order valence-electron chi connectivity index (χ4n) is 11.0. The van der Waals surface area contributed by atoms with E-state index in [1.807, 2.05) is 0 Å². The van der Waals surface area contributed by atoms with Crippen molar-refractivity contribution in [2.24, 2.45) is 23.7 Å². The smallest absolute Gasteiger partial charge is 0.462 e. The number of esters is 4. The number of hydrogen-bond acceptors (Lipinski definition) is 15. The van der Waals surface area contributed by atoms with Crippen molar-refractivity contribution in [1.82, 2.24) is 0 Å². The molecule has 0 aliphatic rings. The van der Waals surface area contributed by atoms with Crippen LogP contribution >= 0.6 is 15.6 Å². The second kappa shape index (κ2) is 62.6. The monoisotopic (exact) mass is 1350 g/mol. The van der Waals surface area contributed by atoms with E-state index in [4.69, 9.17) is 37.0 Å². The van der Waals surface area contributed by atoms with Crippen molar-refractivity contribution in [3.05, 3.63) is 0 Å². The SMILES string of the molecule is CCC(C)CCCCCCCCC(=O)OC[C@H](COP(=O)(O)OC[C@H](O)COP(=O)(O)OC[C@@H](COC(=O)CCCCCCCCCCCCCCC(C)C)OC(=O)CCCCCCCCCC(C)C)OC(=O)CCCCCCCCCCCCCCCCC(C)C. The van der Waals surface area contributed by atoms with Crippen molar-refractivity contribution in [2.75, 3.05) is 39.6 Å². The highest BCUT2D eigenvalue weighted by Gasteiger charge is 2.30. The van der Waals surface area contributed by atoms with E-state index < -0.39 is 97.5 Å². The summed E-state index contributed by atoms with van der Waals surface area (Å²) in [6, 6.07) is 0. The number of phosphoric acid groups is 2. The highest BCUT2D eigenvalue weighted by Crippen LogP contribution is 2.45. The Labute approximate surface area is 562 Å². The van der Waals surface area contributed by atoms with Crippen molar-refractivity contribution in [2.45, 2.75) is 382 Å². The van der Waals surface area contributed by atoms with Gasteiger partial charge in [-0.2, -0.15) is 0 Å². The molecule has 92 heavy (non-hydrogen) atoms. The van der Waals surface area contributed by atoms with Crippen LogP contribution in [0.4, 0.5) is 0 Å². The normalized spacial score (nSPS) is 14.5. The Morgan fingerprint density at radius 2 is 0.522 bits per heavy atom. The van der Waals surface area contributed by atoms with E-state index in [-0.39, 0.29) is 25.7 Å². The van der Waals surface area contributed by atoms with Crippen LogP contribution in [0.15, 0.2) is 0 Å². The van der Waals surface area contributed by atoms with Gasteiger partial charge in [0, 0.05) is 25.7 Å². The zero-order valence-corrected chi connectivity index (χ0v) is 62.0. The van der Waals surface area contributed by atoms with E-state index in [9.17, 15) is 43.2 Å². The van der Waals surface area contributed by atoms with E-state index in [0.29, 0.717) is 31.6 Å². The summed E-state index contributed by atoms with van der Waals surface area (Å²) >= 11 is 0. The van der Waals surface area contributed by atoms with Gasteiger partial charge in [-0.15, -0.1) is 0 Å². The third kappa shape index (κ3) is 65.4. The van der Waals surface area contributed by atoms with E-state index in [1.165, 1.54) is 161 Å². The number of aliphatic hydroxyl groups is 1. The predicted octanol–water partition coefficient (Wildman–Crippen LogP) is 20.9. The molecule has 0 saturated carbocycles. The van der Waals surface area contributed by atoms with Crippen molar-refractivity contribution < 1.29 is 80.2 Å². The summed E-state index contributed by atoms with van der Waals surface area (Å²) in [5, 5.41) is 10.6. The first kappa shape index (κ1) is 90.1. The Bertz CT molecular complexity index is 1820.